The summed E-state index contributed by atoms with van der Waals surface area (Å²) in [6.07, 6.45) is 1.22. The second-order valence-electron chi connectivity index (χ2n) is 5.59. The molecule has 1 saturated heterocycles. The van der Waals surface area contributed by atoms with E-state index < -0.39 is 0 Å². The van der Waals surface area contributed by atoms with Crippen molar-refractivity contribution in [1.82, 2.24) is 10.2 Å². The van der Waals surface area contributed by atoms with E-state index in [1.807, 2.05) is 7.05 Å². The topological polar surface area (TPSA) is 15.3 Å². The van der Waals surface area contributed by atoms with Crippen LogP contribution < -0.4 is 5.32 Å². The number of benzene rings is 1. The number of rotatable bonds is 4. The van der Waals surface area contributed by atoms with Crippen LogP contribution in [0, 0.1) is 5.92 Å². The van der Waals surface area contributed by atoms with Crippen molar-refractivity contribution in [2.24, 2.45) is 5.92 Å². The van der Waals surface area contributed by atoms with E-state index in [-0.39, 0.29) is 0 Å². The summed E-state index contributed by atoms with van der Waals surface area (Å²) in [5.41, 5.74) is 1.24. The van der Waals surface area contributed by atoms with Crippen LogP contribution in [0.3, 0.4) is 0 Å². The van der Waals surface area contributed by atoms with Gasteiger partial charge in [-0.05, 0) is 70.1 Å². The molecule has 19 heavy (non-hydrogen) atoms. The van der Waals surface area contributed by atoms with Crippen molar-refractivity contribution >= 4 is 23.2 Å². The fourth-order valence-corrected chi connectivity index (χ4v) is 3.69. The number of halogens is 2. The molecule has 2 nitrogen and oxygen atoms in total. The van der Waals surface area contributed by atoms with Crippen LogP contribution in [-0.2, 0) is 0 Å². The molecule has 0 bridgehead atoms. The van der Waals surface area contributed by atoms with Crippen LogP contribution >= 0.6 is 23.2 Å². The smallest absolute Gasteiger partial charge is 0.0424 e. The summed E-state index contributed by atoms with van der Waals surface area (Å²) in [5, 5.41) is 4.75. The minimum absolute atomic E-state index is 0.406. The van der Waals surface area contributed by atoms with Crippen LogP contribution in [0.1, 0.15) is 31.9 Å². The molecule has 1 aromatic carbocycles. The zero-order valence-electron chi connectivity index (χ0n) is 11.8. The van der Waals surface area contributed by atoms with Gasteiger partial charge in [-0.3, -0.25) is 4.90 Å². The van der Waals surface area contributed by atoms with Gasteiger partial charge in [-0.25, -0.2) is 0 Å². The Bertz CT molecular complexity index is 414. The molecular weight excluding hydrogens is 279 g/mol. The van der Waals surface area contributed by atoms with Gasteiger partial charge in [0, 0.05) is 22.1 Å². The van der Waals surface area contributed by atoms with E-state index in [0.717, 1.165) is 23.1 Å². The molecule has 0 amide bonds. The molecule has 2 unspecified atom stereocenters. The highest BCUT2D eigenvalue weighted by atomic mass is 35.5. The van der Waals surface area contributed by atoms with Crippen molar-refractivity contribution in [2.75, 3.05) is 20.1 Å². The third-order valence-corrected chi connectivity index (χ3v) is 4.35. The molecule has 1 aliphatic rings. The van der Waals surface area contributed by atoms with E-state index in [1.54, 1.807) is 6.07 Å². The maximum Gasteiger partial charge on any atom is 0.0424 e. The first kappa shape index (κ1) is 15.1. The second-order valence-corrected chi connectivity index (χ2v) is 6.46. The highest BCUT2D eigenvalue weighted by Crippen LogP contribution is 2.39. The maximum atomic E-state index is 6.16. The predicted octanol–water partition coefficient (Wildman–Crippen LogP) is 3.98. The minimum Gasteiger partial charge on any atom is -0.319 e. The quantitative estimate of drug-likeness (QED) is 0.905. The van der Waals surface area contributed by atoms with Crippen molar-refractivity contribution in [3.63, 3.8) is 0 Å². The fourth-order valence-electron chi connectivity index (χ4n) is 3.15. The van der Waals surface area contributed by atoms with Gasteiger partial charge in [0.05, 0.1) is 0 Å². The minimum atomic E-state index is 0.406. The molecular formula is C15H22Cl2N2. The summed E-state index contributed by atoms with van der Waals surface area (Å²) < 4.78 is 0. The first-order chi connectivity index (χ1) is 9.02. The van der Waals surface area contributed by atoms with E-state index in [9.17, 15) is 0 Å². The molecule has 1 N–H and O–H groups in total. The van der Waals surface area contributed by atoms with Crippen molar-refractivity contribution in [3.8, 4) is 0 Å². The lowest BCUT2D eigenvalue weighted by atomic mass is 9.93. The van der Waals surface area contributed by atoms with Gasteiger partial charge >= 0.3 is 0 Å². The molecule has 1 aliphatic heterocycles. The lowest BCUT2D eigenvalue weighted by Gasteiger charge is -2.32. The number of nitrogens with zero attached hydrogens (tertiary/aromatic N) is 1. The lowest BCUT2D eigenvalue weighted by molar-refractivity contribution is 0.182. The van der Waals surface area contributed by atoms with Crippen molar-refractivity contribution in [3.05, 3.63) is 33.8 Å². The third-order valence-electron chi connectivity index (χ3n) is 3.92. The Morgan fingerprint density at radius 2 is 1.89 bits per heavy atom. The monoisotopic (exact) mass is 300 g/mol. The van der Waals surface area contributed by atoms with Crippen LogP contribution in [0.2, 0.25) is 10.0 Å². The Labute approximate surface area is 126 Å². The molecule has 2 atom stereocenters. The van der Waals surface area contributed by atoms with Gasteiger partial charge in [-0.2, -0.15) is 0 Å². The van der Waals surface area contributed by atoms with E-state index in [4.69, 9.17) is 23.2 Å². The normalized spacial score (nSPS) is 24.3. The van der Waals surface area contributed by atoms with Crippen LogP contribution in [0.25, 0.3) is 0 Å². The maximum absolute atomic E-state index is 6.16. The Morgan fingerprint density at radius 3 is 2.42 bits per heavy atom. The van der Waals surface area contributed by atoms with Crippen molar-refractivity contribution < 1.29 is 0 Å². The fraction of sp³-hybridized carbons (Fsp3) is 0.600. The molecule has 0 aliphatic carbocycles. The summed E-state index contributed by atoms with van der Waals surface area (Å²) in [5.74, 6) is 0.613. The standard InChI is InChI=1S/C15H22Cl2N2/c1-10(2)19-5-4-11(9-18-3)15(19)12-6-13(16)8-14(17)7-12/h6-8,10-11,15,18H,4-5,9H2,1-3H3. The summed E-state index contributed by atoms with van der Waals surface area (Å²) in [7, 11) is 2.01. The molecule has 106 valence electrons. The van der Waals surface area contributed by atoms with E-state index in [2.05, 4.69) is 36.2 Å². The van der Waals surface area contributed by atoms with Crippen LogP contribution in [0.4, 0.5) is 0 Å². The molecule has 2 rings (SSSR count). The van der Waals surface area contributed by atoms with Crippen LogP contribution in [0.5, 0.6) is 0 Å². The van der Waals surface area contributed by atoms with Crippen molar-refractivity contribution in [2.45, 2.75) is 32.4 Å². The van der Waals surface area contributed by atoms with E-state index >= 15 is 0 Å². The molecule has 0 aromatic heterocycles. The molecule has 0 spiro atoms. The number of hydrogen-bond acceptors (Lipinski definition) is 2. The van der Waals surface area contributed by atoms with E-state index in [0.29, 0.717) is 18.0 Å². The predicted molar refractivity (Wildman–Crippen MR) is 83.1 cm³/mol. The first-order valence-corrected chi connectivity index (χ1v) is 7.65. The largest absolute Gasteiger partial charge is 0.319 e. The summed E-state index contributed by atoms with van der Waals surface area (Å²) >= 11 is 12.3. The Balaban J connectivity index is 2.34. The average molecular weight is 301 g/mol. The Kier molecular flexibility index (Phi) is 5.13. The Morgan fingerprint density at radius 1 is 1.26 bits per heavy atom. The second kappa shape index (κ2) is 6.45. The zero-order chi connectivity index (χ0) is 14.0. The van der Waals surface area contributed by atoms with Gasteiger partial charge in [0.15, 0.2) is 0 Å². The molecule has 1 fully saturated rings. The average Bonchev–Trinajstić information content (AvgIpc) is 2.72. The highest BCUT2D eigenvalue weighted by molar-refractivity contribution is 6.34. The lowest BCUT2D eigenvalue weighted by Crippen LogP contribution is -2.33. The molecule has 0 radical (unpaired) electrons. The first-order valence-electron chi connectivity index (χ1n) is 6.89. The van der Waals surface area contributed by atoms with Gasteiger partial charge in [0.25, 0.3) is 0 Å². The van der Waals surface area contributed by atoms with Gasteiger partial charge < -0.3 is 5.32 Å². The summed E-state index contributed by atoms with van der Waals surface area (Å²) in [6.45, 7) is 6.67. The van der Waals surface area contributed by atoms with Crippen molar-refractivity contribution in [1.29, 1.82) is 0 Å². The SMILES string of the molecule is CNCC1CCN(C(C)C)C1c1cc(Cl)cc(Cl)c1. The van der Waals surface area contributed by atoms with Gasteiger partial charge in [0.1, 0.15) is 0 Å². The Hall–Kier alpha value is -0.280. The summed E-state index contributed by atoms with van der Waals surface area (Å²) in [4.78, 5) is 2.55. The van der Waals surface area contributed by atoms with Gasteiger partial charge in [-0.1, -0.05) is 23.2 Å². The van der Waals surface area contributed by atoms with Crippen LogP contribution in [0.15, 0.2) is 18.2 Å². The van der Waals surface area contributed by atoms with Gasteiger partial charge in [0.2, 0.25) is 0 Å². The third kappa shape index (κ3) is 3.43. The number of hydrogen-bond donors (Lipinski definition) is 1. The molecule has 1 aromatic rings. The highest BCUT2D eigenvalue weighted by Gasteiger charge is 2.36. The molecule has 4 heteroatoms. The number of nitrogens with one attached hydrogen (secondary N) is 1. The number of likely N-dealkylation sites (tertiary alicyclic amines) is 1. The van der Waals surface area contributed by atoms with Gasteiger partial charge in [-0.15, -0.1) is 0 Å². The van der Waals surface area contributed by atoms with E-state index in [1.165, 1.54) is 12.0 Å². The van der Waals surface area contributed by atoms with Crippen LogP contribution in [-0.4, -0.2) is 31.1 Å². The molecule has 0 saturated carbocycles. The molecule has 1 heterocycles. The summed E-state index contributed by atoms with van der Waals surface area (Å²) in [6, 6.07) is 6.85. The zero-order valence-corrected chi connectivity index (χ0v) is 13.3.